The molecule has 2 aliphatic rings. The monoisotopic (exact) mass is 356 g/mol. The Morgan fingerprint density at radius 1 is 1.27 bits per heavy atom. The molecule has 26 heavy (non-hydrogen) atoms. The van der Waals surface area contributed by atoms with Crippen molar-refractivity contribution in [3.8, 4) is 0 Å². The number of hydrogen-bond acceptors (Lipinski definition) is 6. The van der Waals surface area contributed by atoms with Crippen LogP contribution in [-0.2, 0) is 0 Å². The zero-order valence-electron chi connectivity index (χ0n) is 14.6. The predicted molar refractivity (Wildman–Crippen MR) is 95.9 cm³/mol. The molecular weight excluding hydrogens is 335 g/mol. The van der Waals surface area contributed by atoms with E-state index in [0.29, 0.717) is 11.6 Å². The molecule has 1 amide bonds. The highest BCUT2D eigenvalue weighted by molar-refractivity contribution is 5.92. The van der Waals surface area contributed by atoms with Crippen LogP contribution in [0.2, 0.25) is 0 Å². The van der Waals surface area contributed by atoms with Gasteiger partial charge in [0.25, 0.3) is 5.91 Å². The first-order valence-corrected chi connectivity index (χ1v) is 8.85. The van der Waals surface area contributed by atoms with E-state index in [2.05, 4.69) is 30.5 Å². The number of halogens is 1. The van der Waals surface area contributed by atoms with Crippen molar-refractivity contribution >= 4 is 23.4 Å². The predicted octanol–water partition coefficient (Wildman–Crippen LogP) is 2.35. The average molecular weight is 356 g/mol. The van der Waals surface area contributed by atoms with Gasteiger partial charge in [-0.05, 0) is 37.2 Å². The van der Waals surface area contributed by atoms with Crippen LogP contribution >= 0.6 is 0 Å². The molecule has 4 rings (SSSR count). The maximum atomic E-state index is 14.0. The summed E-state index contributed by atoms with van der Waals surface area (Å²) >= 11 is 0. The second-order valence-electron chi connectivity index (χ2n) is 6.95. The van der Waals surface area contributed by atoms with Crippen LogP contribution < -0.4 is 15.5 Å². The molecule has 0 aromatic carbocycles. The molecule has 8 heteroatoms. The zero-order valence-corrected chi connectivity index (χ0v) is 14.6. The maximum absolute atomic E-state index is 14.0. The Morgan fingerprint density at radius 2 is 2.04 bits per heavy atom. The average Bonchev–Trinajstić information content (AvgIpc) is 2.99. The molecule has 2 N–H and O–H groups in total. The quantitative estimate of drug-likeness (QED) is 0.875. The summed E-state index contributed by atoms with van der Waals surface area (Å²) in [5, 5.41) is 5.32. The number of fused-ring (bicyclic) bond motifs is 2. The number of pyridine rings is 1. The molecule has 0 radical (unpaired) electrons. The lowest BCUT2D eigenvalue weighted by molar-refractivity contribution is 0.0954. The molecule has 1 aliphatic heterocycles. The van der Waals surface area contributed by atoms with Crippen LogP contribution in [0.5, 0.6) is 0 Å². The number of piperidine rings is 1. The number of carbonyl (C=O) groups excluding carboxylic acids is 1. The third kappa shape index (κ3) is 3.31. The van der Waals surface area contributed by atoms with E-state index in [0.717, 1.165) is 30.7 Å². The second-order valence-corrected chi connectivity index (χ2v) is 6.95. The Morgan fingerprint density at radius 3 is 2.73 bits per heavy atom. The first-order valence-electron chi connectivity index (χ1n) is 8.85. The number of amides is 1. The zero-order chi connectivity index (χ0) is 18.1. The molecule has 1 saturated heterocycles. The molecule has 3 heterocycles. The van der Waals surface area contributed by atoms with Gasteiger partial charge in [0.05, 0.1) is 11.9 Å². The van der Waals surface area contributed by atoms with Gasteiger partial charge in [-0.25, -0.2) is 14.4 Å². The molecule has 136 valence electrons. The van der Waals surface area contributed by atoms with Gasteiger partial charge in [-0.2, -0.15) is 4.98 Å². The number of carbonyl (C=O) groups is 1. The second kappa shape index (κ2) is 6.86. The molecule has 0 unspecified atom stereocenters. The highest BCUT2D eigenvalue weighted by Gasteiger charge is 2.33. The van der Waals surface area contributed by atoms with E-state index in [1.807, 2.05) is 6.07 Å². The van der Waals surface area contributed by atoms with Crippen molar-refractivity contribution in [2.24, 2.45) is 11.8 Å². The van der Waals surface area contributed by atoms with E-state index in [1.165, 1.54) is 38.6 Å². The largest absolute Gasteiger partial charge is 0.356 e. The van der Waals surface area contributed by atoms with Crippen LogP contribution in [0, 0.1) is 17.7 Å². The molecule has 2 aromatic heterocycles. The minimum atomic E-state index is -0.696. The van der Waals surface area contributed by atoms with Gasteiger partial charge in [-0.3, -0.25) is 4.79 Å². The molecule has 2 bridgehead atoms. The van der Waals surface area contributed by atoms with Crippen LogP contribution in [0.4, 0.5) is 21.8 Å². The normalized spacial score (nSPS) is 21.5. The van der Waals surface area contributed by atoms with Crippen LogP contribution in [0.1, 0.15) is 29.8 Å². The van der Waals surface area contributed by atoms with Gasteiger partial charge in [0.1, 0.15) is 5.82 Å². The van der Waals surface area contributed by atoms with E-state index in [1.54, 1.807) is 6.20 Å². The van der Waals surface area contributed by atoms with E-state index in [4.69, 9.17) is 0 Å². The van der Waals surface area contributed by atoms with E-state index < -0.39 is 11.7 Å². The van der Waals surface area contributed by atoms with Crippen LogP contribution in [-0.4, -0.2) is 41.0 Å². The van der Waals surface area contributed by atoms with E-state index >= 15 is 0 Å². The van der Waals surface area contributed by atoms with Crippen LogP contribution in [0.15, 0.2) is 24.5 Å². The number of nitrogens with one attached hydrogen (secondary N) is 2. The van der Waals surface area contributed by atoms with Gasteiger partial charge < -0.3 is 15.5 Å². The van der Waals surface area contributed by atoms with Gasteiger partial charge in [0.15, 0.2) is 11.5 Å². The lowest BCUT2D eigenvalue weighted by Crippen LogP contribution is -2.36. The Balaban J connectivity index is 1.50. The van der Waals surface area contributed by atoms with Crippen molar-refractivity contribution in [3.05, 3.63) is 36.0 Å². The van der Waals surface area contributed by atoms with E-state index in [-0.39, 0.29) is 5.69 Å². The van der Waals surface area contributed by atoms with Crippen molar-refractivity contribution in [1.29, 1.82) is 0 Å². The number of nitrogens with zero attached hydrogens (tertiary/aromatic N) is 4. The summed E-state index contributed by atoms with van der Waals surface area (Å²) in [5.41, 5.74) is 0.155. The summed E-state index contributed by atoms with van der Waals surface area (Å²) in [5.74, 6) is 1.53. The SMILES string of the molecule is CNC(=O)c1ncc(Nc2nccc(N3C[C@@H]4CC[C@@H](C4)C3)n2)cc1F. The Kier molecular flexibility index (Phi) is 4.40. The van der Waals surface area contributed by atoms with Crippen LogP contribution in [0.3, 0.4) is 0 Å². The van der Waals surface area contributed by atoms with Crippen molar-refractivity contribution in [2.75, 3.05) is 30.4 Å². The number of aromatic nitrogens is 3. The number of anilines is 3. The summed E-state index contributed by atoms with van der Waals surface area (Å²) in [6.07, 6.45) is 7.03. The molecule has 0 spiro atoms. The van der Waals surface area contributed by atoms with Gasteiger partial charge in [-0.15, -0.1) is 0 Å². The fraction of sp³-hybridized carbons (Fsp3) is 0.444. The Bertz CT molecular complexity index is 817. The smallest absolute Gasteiger partial charge is 0.272 e. The summed E-state index contributed by atoms with van der Waals surface area (Å²) in [6.45, 7) is 2.06. The molecule has 2 fully saturated rings. The van der Waals surface area contributed by atoms with E-state index in [9.17, 15) is 9.18 Å². The fourth-order valence-corrected chi connectivity index (χ4v) is 3.90. The summed E-state index contributed by atoms with van der Waals surface area (Å²) in [4.78, 5) is 26.5. The fourth-order valence-electron chi connectivity index (χ4n) is 3.90. The third-order valence-corrected chi connectivity index (χ3v) is 5.11. The summed E-state index contributed by atoms with van der Waals surface area (Å²) in [6, 6.07) is 3.12. The molecule has 1 saturated carbocycles. The minimum Gasteiger partial charge on any atom is -0.356 e. The molecular formula is C18H21FN6O. The number of rotatable bonds is 4. The van der Waals surface area contributed by atoms with Gasteiger partial charge in [-0.1, -0.05) is 0 Å². The molecule has 1 aliphatic carbocycles. The maximum Gasteiger partial charge on any atom is 0.272 e. The Labute approximate surface area is 151 Å². The van der Waals surface area contributed by atoms with Crippen molar-refractivity contribution in [2.45, 2.75) is 19.3 Å². The van der Waals surface area contributed by atoms with Crippen molar-refractivity contribution < 1.29 is 9.18 Å². The van der Waals surface area contributed by atoms with Crippen molar-refractivity contribution in [1.82, 2.24) is 20.3 Å². The van der Waals surface area contributed by atoms with Gasteiger partial charge in [0, 0.05) is 32.4 Å². The Hall–Kier alpha value is -2.77. The highest BCUT2D eigenvalue weighted by atomic mass is 19.1. The summed E-state index contributed by atoms with van der Waals surface area (Å²) < 4.78 is 14.0. The topological polar surface area (TPSA) is 83.0 Å². The minimum absolute atomic E-state index is 0.239. The molecule has 2 aromatic rings. The first-order chi connectivity index (χ1) is 12.6. The van der Waals surface area contributed by atoms with Crippen molar-refractivity contribution in [3.63, 3.8) is 0 Å². The first kappa shape index (κ1) is 16.7. The standard InChI is InChI=1S/C18H21FN6O/c1-20-17(26)16-14(19)7-13(8-22-16)23-18-21-5-4-15(24-18)25-9-11-2-3-12(6-11)10-25/h4-5,7-8,11-12H,2-3,6,9-10H2,1H3,(H,20,26)(H,21,23,24)/t11-,12+. The molecule has 7 nitrogen and oxygen atoms in total. The lowest BCUT2D eigenvalue weighted by atomic mass is 9.99. The highest BCUT2D eigenvalue weighted by Crippen LogP contribution is 2.37. The number of hydrogen-bond donors (Lipinski definition) is 2. The summed E-state index contributed by atoms with van der Waals surface area (Å²) in [7, 11) is 1.43. The third-order valence-electron chi connectivity index (χ3n) is 5.11. The van der Waals surface area contributed by atoms with Gasteiger partial charge in [0.2, 0.25) is 5.95 Å². The van der Waals surface area contributed by atoms with Crippen LogP contribution in [0.25, 0.3) is 0 Å². The lowest BCUT2D eigenvalue weighted by Gasteiger charge is -2.32. The van der Waals surface area contributed by atoms with Gasteiger partial charge >= 0.3 is 0 Å². The molecule has 2 atom stereocenters.